The number of rotatable bonds is 6. The molecule has 1 aromatic heterocycles. The Balaban J connectivity index is 1.89. The quantitative estimate of drug-likeness (QED) is 0.771. The first kappa shape index (κ1) is 13.5. The molecule has 1 atom stereocenters. The lowest BCUT2D eigenvalue weighted by molar-refractivity contribution is 0.132. The Hall–Kier alpha value is -0.940. The monoisotopic (exact) mass is 251 g/mol. The zero-order chi connectivity index (χ0) is 12.8. The molecular weight excluding hydrogens is 226 g/mol. The number of nitrogens with one attached hydrogen (secondary N) is 1. The number of nitrogens with zero attached hydrogens (tertiary/aromatic N) is 4. The van der Waals surface area contributed by atoms with Crippen molar-refractivity contribution in [2.24, 2.45) is 7.05 Å². The molecule has 1 aromatic rings. The van der Waals surface area contributed by atoms with Crippen molar-refractivity contribution in [3.63, 3.8) is 0 Å². The molecule has 102 valence electrons. The molecular formula is C13H25N5. The molecule has 5 nitrogen and oxygen atoms in total. The van der Waals surface area contributed by atoms with Gasteiger partial charge in [0, 0.05) is 19.6 Å². The summed E-state index contributed by atoms with van der Waals surface area (Å²) in [6.45, 7) is 6.55. The first-order valence-corrected chi connectivity index (χ1v) is 7.09. The van der Waals surface area contributed by atoms with Gasteiger partial charge in [0.15, 0.2) is 0 Å². The van der Waals surface area contributed by atoms with Crippen molar-refractivity contribution in [1.82, 2.24) is 25.0 Å². The molecule has 5 heteroatoms. The Morgan fingerprint density at radius 1 is 1.44 bits per heavy atom. The fraction of sp³-hybridized carbons (Fsp3) is 0.846. The summed E-state index contributed by atoms with van der Waals surface area (Å²) in [7, 11) is 1.97. The third-order valence-corrected chi connectivity index (χ3v) is 3.71. The van der Waals surface area contributed by atoms with E-state index in [0.717, 1.165) is 25.5 Å². The number of aryl methyl sites for hydroxylation is 1. The van der Waals surface area contributed by atoms with Crippen molar-refractivity contribution < 1.29 is 0 Å². The van der Waals surface area contributed by atoms with Crippen LogP contribution in [0, 0.1) is 0 Å². The van der Waals surface area contributed by atoms with Crippen LogP contribution in [0.3, 0.4) is 0 Å². The minimum Gasteiger partial charge on any atom is -0.315 e. The Bertz CT molecular complexity index is 349. The zero-order valence-electron chi connectivity index (χ0n) is 11.6. The van der Waals surface area contributed by atoms with Gasteiger partial charge in [0.2, 0.25) is 0 Å². The second-order valence-electron chi connectivity index (χ2n) is 5.12. The van der Waals surface area contributed by atoms with Crippen LogP contribution in [0.5, 0.6) is 0 Å². The standard InChI is InChI=1S/C13H25N5/c1-3-7-14-9-12-6-4-5-8-18(12)10-13-15-11-16-17(13)2/h11-12,14H,3-10H2,1-2H3. The first-order chi connectivity index (χ1) is 8.81. The van der Waals surface area contributed by atoms with E-state index in [2.05, 4.69) is 27.2 Å². The summed E-state index contributed by atoms with van der Waals surface area (Å²) in [5, 5.41) is 7.69. The van der Waals surface area contributed by atoms with E-state index in [9.17, 15) is 0 Å². The highest BCUT2D eigenvalue weighted by Gasteiger charge is 2.23. The van der Waals surface area contributed by atoms with E-state index < -0.39 is 0 Å². The van der Waals surface area contributed by atoms with E-state index >= 15 is 0 Å². The summed E-state index contributed by atoms with van der Waals surface area (Å²) in [5.41, 5.74) is 0. The van der Waals surface area contributed by atoms with Crippen LogP contribution in [0.1, 0.15) is 38.4 Å². The van der Waals surface area contributed by atoms with Gasteiger partial charge in [-0.2, -0.15) is 5.10 Å². The lowest BCUT2D eigenvalue weighted by Crippen LogP contribution is -2.45. The van der Waals surface area contributed by atoms with E-state index in [0.29, 0.717) is 6.04 Å². The van der Waals surface area contributed by atoms with Crippen molar-refractivity contribution in [2.45, 2.75) is 45.2 Å². The number of likely N-dealkylation sites (tertiary alicyclic amines) is 1. The molecule has 0 saturated carbocycles. The van der Waals surface area contributed by atoms with Gasteiger partial charge in [-0.25, -0.2) is 4.98 Å². The lowest BCUT2D eigenvalue weighted by atomic mass is 10.0. The van der Waals surface area contributed by atoms with Gasteiger partial charge in [-0.05, 0) is 32.4 Å². The van der Waals surface area contributed by atoms with Crippen LogP contribution in [0.25, 0.3) is 0 Å². The van der Waals surface area contributed by atoms with Crippen LogP contribution in [0.2, 0.25) is 0 Å². The van der Waals surface area contributed by atoms with Crippen LogP contribution < -0.4 is 5.32 Å². The third-order valence-electron chi connectivity index (χ3n) is 3.71. The molecule has 1 aliphatic rings. The summed E-state index contributed by atoms with van der Waals surface area (Å²) in [5.74, 6) is 1.07. The smallest absolute Gasteiger partial charge is 0.140 e. The van der Waals surface area contributed by atoms with Gasteiger partial charge in [-0.15, -0.1) is 0 Å². The highest BCUT2D eigenvalue weighted by molar-refractivity contribution is 4.88. The molecule has 1 aliphatic heterocycles. The van der Waals surface area contributed by atoms with E-state index in [1.54, 1.807) is 6.33 Å². The molecule has 1 N–H and O–H groups in total. The summed E-state index contributed by atoms with van der Waals surface area (Å²) in [6.07, 6.45) is 6.81. The third kappa shape index (κ3) is 3.53. The van der Waals surface area contributed by atoms with Crippen LogP contribution in [0.15, 0.2) is 6.33 Å². The van der Waals surface area contributed by atoms with Gasteiger partial charge < -0.3 is 5.32 Å². The van der Waals surface area contributed by atoms with Crippen molar-refractivity contribution in [2.75, 3.05) is 19.6 Å². The summed E-state index contributed by atoms with van der Waals surface area (Å²) in [4.78, 5) is 6.88. The zero-order valence-corrected chi connectivity index (χ0v) is 11.6. The van der Waals surface area contributed by atoms with Crippen molar-refractivity contribution in [3.8, 4) is 0 Å². The Kier molecular flexibility index (Phi) is 5.13. The minimum atomic E-state index is 0.655. The van der Waals surface area contributed by atoms with E-state index in [-0.39, 0.29) is 0 Å². The SMILES string of the molecule is CCCNCC1CCCCN1Cc1ncnn1C. The normalized spacial score (nSPS) is 21.3. The topological polar surface area (TPSA) is 46.0 Å². The van der Waals surface area contributed by atoms with Crippen molar-refractivity contribution in [1.29, 1.82) is 0 Å². The van der Waals surface area contributed by atoms with Gasteiger partial charge in [0.25, 0.3) is 0 Å². The summed E-state index contributed by atoms with van der Waals surface area (Å²) in [6, 6.07) is 0.655. The molecule has 1 unspecified atom stereocenters. The second kappa shape index (κ2) is 6.85. The van der Waals surface area contributed by atoms with Crippen LogP contribution in [-0.4, -0.2) is 45.3 Å². The molecule has 1 fully saturated rings. The predicted molar refractivity (Wildman–Crippen MR) is 72.2 cm³/mol. The van der Waals surface area contributed by atoms with Crippen molar-refractivity contribution >= 4 is 0 Å². The van der Waals surface area contributed by atoms with Gasteiger partial charge >= 0.3 is 0 Å². The summed E-state index contributed by atoms with van der Waals surface area (Å²) >= 11 is 0. The fourth-order valence-electron chi connectivity index (χ4n) is 2.59. The summed E-state index contributed by atoms with van der Waals surface area (Å²) < 4.78 is 1.88. The Morgan fingerprint density at radius 2 is 2.33 bits per heavy atom. The van der Waals surface area contributed by atoms with E-state index in [1.807, 2.05) is 11.7 Å². The molecule has 2 rings (SSSR count). The molecule has 0 bridgehead atoms. The highest BCUT2D eigenvalue weighted by atomic mass is 15.3. The second-order valence-corrected chi connectivity index (χ2v) is 5.12. The largest absolute Gasteiger partial charge is 0.315 e. The maximum Gasteiger partial charge on any atom is 0.140 e. The van der Waals surface area contributed by atoms with Gasteiger partial charge in [0.1, 0.15) is 12.2 Å². The molecule has 0 aromatic carbocycles. The predicted octanol–water partition coefficient (Wildman–Crippen LogP) is 1.17. The Labute approximate surface area is 110 Å². The average molecular weight is 251 g/mol. The van der Waals surface area contributed by atoms with E-state index in [1.165, 1.54) is 32.2 Å². The van der Waals surface area contributed by atoms with Crippen LogP contribution in [0.4, 0.5) is 0 Å². The molecule has 0 aliphatic carbocycles. The maximum absolute atomic E-state index is 4.33. The minimum absolute atomic E-state index is 0.655. The van der Waals surface area contributed by atoms with E-state index in [4.69, 9.17) is 0 Å². The molecule has 18 heavy (non-hydrogen) atoms. The van der Waals surface area contributed by atoms with Gasteiger partial charge in [-0.3, -0.25) is 9.58 Å². The van der Waals surface area contributed by atoms with Gasteiger partial charge in [-0.1, -0.05) is 13.3 Å². The molecule has 2 heterocycles. The number of piperidine rings is 1. The lowest BCUT2D eigenvalue weighted by Gasteiger charge is -2.35. The van der Waals surface area contributed by atoms with Gasteiger partial charge in [0.05, 0.1) is 6.54 Å². The first-order valence-electron chi connectivity index (χ1n) is 7.09. The average Bonchev–Trinajstić information content (AvgIpc) is 2.78. The fourth-order valence-corrected chi connectivity index (χ4v) is 2.59. The molecule has 1 saturated heterocycles. The molecule has 0 spiro atoms. The molecule has 0 amide bonds. The maximum atomic E-state index is 4.33. The number of hydrogen-bond donors (Lipinski definition) is 1. The molecule has 0 radical (unpaired) electrons. The number of hydrogen-bond acceptors (Lipinski definition) is 4. The number of aromatic nitrogens is 3. The Morgan fingerprint density at radius 3 is 3.06 bits per heavy atom. The van der Waals surface area contributed by atoms with Crippen LogP contribution in [-0.2, 0) is 13.6 Å². The van der Waals surface area contributed by atoms with Crippen LogP contribution >= 0.6 is 0 Å². The van der Waals surface area contributed by atoms with Crippen molar-refractivity contribution in [3.05, 3.63) is 12.2 Å². The highest BCUT2D eigenvalue weighted by Crippen LogP contribution is 2.18.